The maximum absolute atomic E-state index is 14.3. The third-order valence-corrected chi connectivity index (χ3v) is 8.44. The molecule has 1 amide bonds. The maximum Gasteiger partial charge on any atom is 0.268 e. The van der Waals surface area contributed by atoms with Crippen molar-refractivity contribution >= 4 is 38.2 Å². The topological polar surface area (TPSA) is 68.6 Å². The SMILES string of the molecule is O=C(c1cn(S(=O)(=O)c2ccccc2)c2cc(OCc3ccccc3)ccc12)N(c1ccccc1)c1ccccc1. The van der Waals surface area contributed by atoms with Gasteiger partial charge < -0.3 is 4.74 Å². The summed E-state index contributed by atoms with van der Waals surface area (Å²) in [5, 5.41) is 0.499. The lowest BCUT2D eigenvalue weighted by molar-refractivity contribution is 0.100. The van der Waals surface area contributed by atoms with Gasteiger partial charge in [-0.2, -0.15) is 0 Å². The molecule has 0 fully saturated rings. The van der Waals surface area contributed by atoms with E-state index in [0.717, 1.165) is 5.56 Å². The van der Waals surface area contributed by atoms with Crippen molar-refractivity contribution in [2.75, 3.05) is 4.90 Å². The van der Waals surface area contributed by atoms with Gasteiger partial charge in [-0.1, -0.05) is 84.9 Å². The van der Waals surface area contributed by atoms with Crippen LogP contribution in [0.25, 0.3) is 10.9 Å². The van der Waals surface area contributed by atoms with E-state index in [1.54, 1.807) is 53.4 Å². The van der Waals surface area contributed by atoms with E-state index < -0.39 is 10.0 Å². The molecule has 0 N–H and O–H groups in total. The van der Waals surface area contributed by atoms with Crippen molar-refractivity contribution < 1.29 is 17.9 Å². The quantitative estimate of drug-likeness (QED) is 0.195. The molecule has 0 radical (unpaired) electrons. The molecule has 41 heavy (non-hydrogen) atoms. The molecule has 1 heterocycles. The summed E-state index contributed by atoms with van der Waals surface area (Å²) in [6.07, 6.45) is 1.41. The van der Waals surface area contributed by atoms with E-state index >= 15 is 0 Å². The van der Waals surface area contributed by atoms with Crippen LogP contribution < -0.4 is 9.64 Å². The average molecular weight is 559 g/mol. The molecule has 0 unspecified atom stereocenters. The van der Waals surface area contributed by atoms with Crippen molar-refractivity contribution in [3.63, 3.8) is 0 Å². The number of amides is 1. The Balaban J connectivity index is 1.50. The van der Waals surface area contributed by atoms with Crippen LogP contribution in [0.2, 0.25) is 0 Å². The first kappa shape index (κ1) is 26.1. The third kappa shape index (κ3) is 5.23. The van der Waals surface area contributed by atoms with Crippen LogP contribution >= 0.6 is 0 Å². The van der Waals surface area contributed by atoms with Gasteiger partial charge in [0.05, 0.1) is 16.0 Å². The number of para-hydroxylation sites is 2. The van der Waals surface area contributed by atoms with E-state index in [1.165, 1.54) is 10.2 Å². The van der Waals surface area contributed by atoms with Crippen LogP contribution in [0, 0.1) is 0 Å². The minimum Gasteiger partial charge on any atom is -0.489 e. The highest BCUT2D eigenvalue weighted by molar-refractivity contribution is 7.90. The van der Waals surface area contributed by atoms with Crippen molar-refractivity contribution in [2.45, 2.75) is 11.5 Å². The molecule has 0 spiro atoms. The molecule has 202 valence electrons. The zero-order chi connectivity index (χ0) is 28.2. The van der Waals surface area contributed by atoms with E-state index in [9.17, 15) is 13.2 Å². The summed E-state index contributed by atoms with van der Waals surface area (Å²) in [4.78, 5) is 16.0. The molecule has 0 aliphatic carbocycles. The number of ether oxygens (including phenoxy) is 1. The highest BCUT2D eigenvalue weighted by Crippen LogP contribution is 2.34. The van der Waals surface area contributed by atoms with Crippen LogP contribution in [0.15, 0.2) is 151 Å². The first-order valence-corrected chi connectivity index (χ1v) is 14.5. The monoisotopic (exact) mass is 558 g/mol. The van der Waals surface area contributed by atoms with E-state index in [0.29, 0.717) is 34.6 Å². The number of carbonyl (C=O) groups is 1. The second-order valence-electron chi connectivity index (χ2n) is 9.42. The Morgan fingerprint density at radius 1 is 0.683 bits per heavy atom. The molecular formula is C34H26N2O4S. The minimum absolute atomic E-state index is 0.120. The lowest BCUT2D eigenvalue weighted by Crippen LogP contribution is -2.25. The fraction of sp³-hybridized carbons (Fsp3) is 0.0294. The Morgan fingerprint density at radius 2 is 1.22 bits per heavy atom. The molecule has 0 aliphatic heterocycles. The molecule has 1 aromatic heterocycles. The Kier molecular flexibility index (Phi) is 7.10. The third-order valence-electron chi connectivity index (χ3n) is 6.75. The van der Waals surface area contributed by atoms with Crippen LogP contribution in [0.4, 0.5) is 11.4 Å². The summed E-state index contributed by atoms with van der Waals surface area (Å²) >= 11 is 0. The number of fused-ring (bicyclic) bond motifs is 1. The van der Waals surface area contributed by atoms with Crippen LogP contribution in [0.3, 0.4) is 0 Å². The number of anilines is 2. The number of rotatable bonds is 8. The fourth-order valence-corrected chi connectivity index (χ4v) is 6.12. The van der Waals surface area contributed by atoms with Gasteiger partial charge in [-0.25, -0.2) is 12.4 Å². The average Bonchev–Trinajstić information content (AvgIpc) is 3.42. The Labute approximate surface area is 238 Å². The normalized spacial score (nSPS) is 11.3. The molecule has 7 heteroatoms. The van der Waals surface area contributed by atoms with Crippen LogP contribution in [0.5, 0.6) is 5.75 Å². The fourth-order valence-electron chi connectivity index (χ4n) is 4.74. The smallest absolute Gasteiger partial charge is 0.268 e. The van der Waals surface area contributed by atoms with Crippen molar-refractivity contribution in [1.82, 2.24) is 3.97 Å². The standard InChI is InChI=1S/C34H26N2O4S/c37-34(36(27-15-7-2-8-16-27)28-17-9-3-10-18-28)32-24-35(41(38,39)30-19-11-4-12-20-30)33-23-29(21-22-31(32)33)40-25-26-13-5-1-6-14-26/h1-24H,25H2. The Hall–Kier alpha value is -5.14. The summed E-state index contributed by atoms with van der Waals surface area (Å²) in [6, 6.07) is 41.7. The van der Waals surface area contributed by atoms with Crippen LogP contribution in [-0.4, -0.2) is 18.3 Å². The number of nitrogens with zero attached hydrogens (tertiary/aromatic N) is 2. The lowest BCUT2D eigenvalue weighted by atomic mass is 10.1. The first-order chi connectivity index (χ1) is 20.0. The van der Waals surface area contributed by atoms with E-state index in [1.807, 2.05) is 91.0 Å². The molecule has 0 bridgehead atoms. The lowest BCUT2D eigenvalue weighted by Gasteiger charge is -2.23. The summed E-state index contributed by atoms with van der Waals surface area (Å²) in [5.74, 6) is 0.137. The summed E-state index contributed by atoms with van der Waals surface area (Å²) in [5.41, 5.74) is 2.92. The molecule has 5 aromatic carbocycles. The molecular weight excluding hydrogens is 532 g/mol. The second-order valence-corrected chi connectivity index (χ2v) is 11.2. The molecule has 6 nitrogen and oxygen atoms in total. The maximum atomic E-state index is 14.3. The predicted octanol–water partition coefficient (Wildman–Crippen LogP) is 7.44. The minimum atomic E-state index is -4.03. The van der Waals surface area contributed by atoms with Crippen molar-refractivity contribution in [3.05, 3.63) is 157 Å². The Morgan fingerprint density at radius 3 is 1.80 bits per heavy atom. The number of aromatic nitrogens is 1. The Bertz CT molecular complexity index is 1870. The van der Waals surface area contributed by atoms with Gasteiger partial charge in [0, 0.05) is 29.0 Å². The predicted molar refractivity (Wildman–Crippen MR) is 161 cm³/mol. The van der Waals surface area contributed by atoms with E-state index in [-0.39, 0.29) is 16.4 Å². The number of hydrogen-bond donors (Lipinski definition) is 0. The van der Waals surface area contributed by atoms with Crippen LogP contribution in [-0.2, 0) is 16.6 Å². The highest BCUT2D eigenvalue weighted by Gasteiger charge is 2.28. The van der Waals surface area contributed by atoms with Crippen molar-refractivity contribution in [1.29, 1.82) is 0 Å². The van der Waals surface area contributed by atoms with E-state index in [2.05, 4.69) is 0 Å². The molecule has 0 atom stereocenters. The molecule has 0 saturated carbocycles. The zero-order valence-electron chi connectivity index (χ0n) is 22.0. The highest BCUT2D eigenvalue weighted by atomic mass is 32.2. The van der Waals surface area contributed by atoms with Gasteiger partial charge in [0.15, 0.2) is 0 Å². The van der Waals surface area contributed by atoms with Crippen LogP contribution in [0.1, 0.15) is 15.9 Å². The number of benzene rings is 5. The van der Waals surface area contributed by atoms with Crippen molar-refractivity contribution in [2.24, 2.45) is 0 Å². The molecule has 6 aromatic rings. The summed E-state index contributed by atoms with van der Waals surface area (Å²) in [6.45, 7) is 0.320. The van der Waals surface area contributed by atoms with Gasteiger partial charge in [0.1, 0.15) is 12.4 Å². The van der Waals surface area contributed by atoms with E-state index in [4.69, 9.17) is 4.74 Å². The summed E-state index contributed by atoms with van der Waals surface area (Å²) in [7, 11) is -4.03. The second kappa shape index (κ2) is 11.2. The number of hydrogen-bond acceptors (Lipinski definition) is 4. The van der Waals surface area contributed by atoms with Crippen molar-refractivity contribution in [3.8, 4) is 5.75 Å². The van der Waals surface area contributed by atoms with Gasteiger partial charge in [0.25, 0.3) is 15.9 Å². The first-order valence-electron chi connectivity index (χ1n) is 13.1. The van der Waals surface area contributed by atoms with Gasteiger partial charge >= 0.3 is 0 Å². The van der Waals surface area contributed by atoms with Gasteiger partial charge in [-0.05, 0) is 54.1 Å². The zero-order valence-corrected chi connectivity index (χ0v) is 22.8. The largest absolute Gasteiger partial charge is 0.489 e. The molecule has 6 rings (SSSR count). The van der Waals surface area contributed by atoms with Gasteiger partial charge in [-0.15, -0.1) is 0 Å². The molecule has 0 aliphatic rings. The summed E-state index contributed by atoms with van der Waals surface area (Å²) < 4.78 is 35.0. The molecule has 0 saturated heterocycles. The number of carbonyl (C=O) groups excluding carboxylic acids is 1. The van der Waals surface area contributed by atoms with Gasteiger partial charge in [-0.3, -0.25) is 9.69 Å². The van der Waals surface area contributed by atoms with Gasteiger partial charge in [0.2, 0.25) is 0 Å².